The van der Waals surface area contributed by atoms with Crippen LogP contribution in [0.25, 0.3) is 0 Å². The lowest BCUT2D eigenvalue weighted by molar-refractivity contribution is 0.156. The zero-order chi connectivity index (χ0) is 21.1. The van der Waals surface area contributed by atoms with Crippen LogP contribution in [-0.4, -0.2) is 43.8 Å². The normalized spacial score (nSPS) is 17.0. The molecule has 1 unspecified atom stereocenters. The van der Waals surface area contributed by atoms with Crippen LogP contribution in [0.4, 0.5) is 0 Å². The van der Waals surface area contributed by atoms with Gasteiger partial charge >= 0.3 is 0 Å². The molecule has 6 heteroatoms. The molecule has 156 valence electrons. The van der Waals surface area contributed by atoms with Crippen LogP contribution in [0.3, 0.4) is 0 Å². The van der Waals surface area contributed by atoms with Crippen LogP contribution in [0.5, 0.6) is 0 Å². The molecule has 1 saturated heterocycles. The van der Waals surface area contributed by atoms with E-state index in [1.54, 1.807) is 22.5 Å². The van der Waals surface area contributed by atoms with Gasteiger partial charge in [0.25, 0.3) is 0 Å². The number of rotatable bonds is 5. The first-order valence-corrected chi connectivity index (χ1v) is 11.9. The predicted octanol–water partition coefficient (Wildman–Crippen LogP) is 4.74. The molecule has 3 aromatic rings. The number of aryl methyl sites for hydroxylation is 1. The summed E-state index contributed by atoms with van der Waals surface area (Å²) in [5, 5.41) is 0.429. The van der Waals surface area contributed by atoms with Crippen LogP contribution in [0.1, 0.15) is 22.7 Å². The number of benzene rings is 3. The first kappa shape index (κ1) is 21.1. The van der Waals surface area contributed by atoms with E-state index < -0.39 is 10.0 Å². The molecule has 1 heterocycles. The maximum absolute atomic E-state index is 13.0. The Morgan fingerprint density at radius 2 is 1.43 bits per heavy atom. The Morgan fingerprint density at radius 3 is 2.07 bits per heavy atom. The topological polar surface area (TPSA) is 40.6 Å². The first-order chi connectivity index (χ1) is 14.4. The van der Waals surface area contributed by atoms with E-state index >= 15 is 0 Å². The first-order valence-electron chi connectivity index (χ1n) is 10.1. The second-order valence-electron chi connectivity index (χ2n) is 7.62. The van der Waals surface area contributed by atoms with Crippen molar-refractivity contribution in [2.24, 2.45) is 0 Å². The molecule has 1 aliphatic heterocycles. The summed E-state index contributed by atoms with van der Waals surface area (Å²) in [7, 11) is -3.55. The van der Waals surface area contributed by atoms with E-state index in [0.717, 1.165) is 0 Å². The molecule has 0 aliphatic carbocycles. The number of hydrogen-bond donors (Lipinski definition) is 0. The molecule has 0 N–H and O–H groups in total. The monoisotopic (exact) mass is 440 g/mol. The maximum atomic E-state index is 13.0. The Kier molecular flexibility index (Phi) is 6.25. The zero-order valence-corrected chi connectivity index (χ0v) is 18.5. The summed E-state index contributed by atoms with van der Waals surface area (Å²) in [5.41, 5.74) is 3.66. The summed E-state index contributed by atoms with van der Waals surface area (Å²) in [6.45, 7) is 4.30. The Morgan fingerprint density at radius 1 is 0.800 bits per heavy atom. The highest BCUT2D eigenvalue weighted by atomic mass is 35.5. The summed E-state index contributed by atoms with van der Waals surface area (Å²) in [4.78, 5) is 2.62. The van der Waals surface area contributed by atoms with Gasteiger partial charge in [-0.3, -0.25) is 4.90 Å². The third-order valence-electron chi connectivity index (χ3n) is 5.58. The van der Waals surface area contributed by atoms with E-state index in [4.69, 9.17) is 11.6 Å². The molecule has 0 spiro atoms. The highest BCUT2D eigenvalue weighted by Gasteiger charge is 2.32. The van der Waals surface area contributed by atoms with Crippen LogP contribution >= 0.6 is 11.6 Å². The molecule has 1 atom stereocenters. The summed E-state index contributed by atoms with van der Waals surface area (Å²) < 4.78 is 27.6. The molecule has 30 heavy (non-hydrogen) atoms. The third-order valence-corrected chi connectivity index (χ3v) is 7.71. The van der Waals surface area contributed by atoms with Gasteiger partial charge in [-0.05, 0) is 36.2 Å². The van der Waals surface area contributed by atoms with Gasteiger partial charge in [0.15, 0.2) is 0 Å². The molecule has 0 aromatic heterocycles. The third kappa shape index (κ3) is 4.44. The van der Waals surface area contributed by atoms with Crippen molar-refractivity contribution in [1.29, 1.82) is 0 Å². The summed E-state index contributed by atoms with van der Waals surface area (Å²) in [6, 6.07) is 25.6. The van der Waals surface area contributed by atoms with Gasteiger partial charge in [0, 0.05) is 31.2 Å². The second kappa shape index (κ2) is 8.90. The van der Waals surface area contributed by atoms with E-state index in [0.29, 0.717) is 31.2 Å². The minimum atomic E-state index is -3.55. The number of nitrogens with zero attached hydrogens (tertiary/aromatic N) is 2. The van der Waals surface area contributed by atoms with Gasteiger partial charge in [-0.2, -0.15) is 4.31 Å². The molecule has 3 aromatic carbocycles. The lowest BCUT2D eigenvalue weighted by Crippen LogP contribution is -2.49. The van der Waals surface area contributed by atoms with Crippen LogP contribution in [0.15, 0.2) is 83.8 Å². The fourth-order valence-corrected chi connectivity index (χ4v) is 5.70. The maximum Gasteiger partial charge on any atom is 0.243 e. The molecule has 0 bridgehead atoms. The molecule has 0 radical (unpaired) electrons. The Labute approximate surface area is 183 Å². The Hall–Kier alpha value is -2.18. The largest absolute Gasteiger partial charge is 0.290 e. The van der Waals surface area contributed by atoms with Crippen molar-refractivity contribution in [3.05, 3.63) is 101 Å². The van der Waals surface area contributed by atoms with Crippen molar-refractivity contribution in [3.63, 3.8) is 0 Å². The van der Waals surface area contributed by atoms with Crippen molar-refractivity contribution >= 4 is 21.6 Å². The fourth-order valence-electron chi connectivity index (χ4n) is 3.98. The van der Waals surface area contributed by atoms with Crippen molar-refractivity contribution in [2.45, 2.75) is 17.9 Å². The van der Waals surface area contributed by atoms with Crippen LogP contribution in [0.2, 0.25) is 5.02 Å². The van der Waals surface area contributed by atoms with Gasteiger partial charge in [0.1, 0.15) is 0 Å². The second-order valence-corrected chi connectivity index (χ2v) is 10.00. The molecule has 4 nitrogen and oxygen atoms in total. The molecule has 4 rings (SSSR count). The van der Waals surface area contributed by atoms with Gasteiger partial charge < -0.3 is 0 Å². The highest BCUT2D eigenvalue weighted by molar-refractivity contribution is 7.89. The summed E-state index contributed by atoms with van der Waals surface area (Å²) in [6.07, 6.45) is 0. The van der Waals surface area contributed by atoms with Crippen molar-refractivity contribution in [1.82, 2.24) is 9.21 Å². The summed E-state index contributed by atoms with van der Waals surface area (Å²) in [5.74, 6) is 0. The van der Waals surface area contributed by atoms with Gasteiger partial charge in [-0.15, -0.1) is 0 Å². The average molecular weight is 441 g/mol. The van der Waals surface area contributed by atoms with Gasteiger partial charge in [0.05, 0.1) is 10.9 Å². The number of piperazine rings is 1. The van der Waals surface area contributed by atoms with Crippen molar-refractivity contribution < 1.29 is 8.42 Å². The molecule has 0 amide bonds. The van der Waals surface area contributed by atoms with E-state index in [1.165, 1.54) is 22.8 Å². The van der Waals surface area contributed by atoms with Crippen LogP contribution < -0.4 is 0 Å². The molecular formula is C24H25ClN2O2S. The molecular weight excluding hydrogens is 416 g/mol. The van der Waals surface area contributed by atoms with Crippen LogP contribution in [0, 0.1) is 6.92 Å². The fraction of sp³-hybridized carbons (Fsp3) is 0.250. The van der Waals surface area contributed by atoms with Crippen molar-refractivity contribution in [2.75, 3.05) is 26.2 Å². The average Bonchev–Trinajstić information content (AvgIpc) is 2.76. The van der Waals surface area contributed by atoms with E-state index in [-0.39, 0.29) is 10.9 Å². The van der Waals surface area contributed by atoms with E-state index in [9.17, 15) is 8.42 Å². The van der Waals surface area contributed by atoms with E-state index in [2.05, 4.69) is 60.4 Å². The number of hydrogen-bond acceptors (Lipinski definition) is 3. The summed E-state index contributed by atoms with van der Waals surface area (Å²) >= 11 is 6.01. The highest BCUT2D eigenvalue weighted by Crippen LogP contribution is 2.31. The Balaban J connectivity index is 1.56. The zero-order valence-electron chi connectivity index (χ0n) is 16.9. The van der Waals surface area contributed by atoms with Crippen LogP contribution in [-0.2, 0) is 10.0 Å². The number of halogens is 1. The smallest absolute Gasteiger partial charge is 0.243 e. The lowest BCUT2D eigenvalue weighted by Gasteiger charge is -2.39. The van der Waals surface area contributed by atoms with Gasteiger partial charge in [-0.1, -0.05) is 77.8 Å². The standard InChI is InChI=1S/C24H25ClN2O2S/c1-19-10-12-21(13-11-19)24(20-6-3-2-4-7-20)26-14-16-27(17-15-26)30(28,29)23-9-5-8-22(25)18-23/h2-13,18,24H,14-17H2,1H3. The Bertz CT molecular complexity index is 1090. The molecule has 1 fully saturated rings. The van der Waals surface area contributed by atoms with Gasteiger partial charge in [-0.25, -0.2) is 8.42 Å². The minimum absolute atomic E-state index is 0.0998. The SMILES string of the molecule is Cc1ccc(C(c2ccccc2)N2CCN(S(=O)(=O)c3cccc(Cl)c3)CC2)cc1. The number of sulfonamides is 1. The van der Waals surface area contributed by atoms with Gasteiger partial charge in [0.2, 0.25) is 10.0 Å². The minimum Gasteiger partial charge on any atom is -0.290 e. The lowest BCUT2D eigenvalue weighted by atomic mass is 9.96. The quantitative estimate of drug-likeness (QED) is 0.575. The molecule has 0 saturated carbocycles. The molecule has 1 aliphatic rings. The van der Waals surface area contributed by atoms with Crippen molar-refractivity contribution in [3.8, 4) is 0 Å². The predicted molar refractivity (Wildman–Crippen MR) is 121 cm³/mol. The van der Waals surface area contributed by atoms with E-state index in [1.807, 2.05) is 6.07 Å².